The van der Waals surface area contributed by atoms with E-state index in [1.165, 1.54) is 82.1 Å². The van der Waals surface area contributed by atoms with Crippen molar-refractivity contribution in [1.82, 2.24) is 4.57 Å². The second kappa shape index (κ2) is 9.44. The lowest BCUT2D eigenvalue weighted by atomic mass is 9.90. The smallest absolute Gasteiger partial charge is 0.0541 e. The molecule has 0 N–H and O–H groups in total. The fourth-order valence-corrected chi connectivity index (χ4v) is 7.03. The molecule has 0 unspecified atom stereocenters. The van der Waals surface area contributed by atoms with Crippen LogP contribution in [0.3, 0.4) is 0 Å². The van der Waals surface area contributed by atoms with Crippen LogP contribution in [0.2, 0.25) is 0 Å². The molecule has 1 heteroatoms. The van der Waals surface area contributed by atoms with Crippen LogP contribution in [0.5, 0.6) is 0 Å². The third-order valence-electron chi connectivity index (χ3n) is 8.98. The molecular formula is C42H27N. The molecule has 8 aromatic carbocycles. The lowest BCUT2D eigenvalue weighted by Crippen LogP contribution is -1.97. The Labute approximate surface area is 249 Å². The predicted octanol–water partition coefficient (Wildman–Crippen LogP) is 11.6. The van der Waals surface area contributed by atoms with Gasteiger partial charge in [0, 0.05) is 16.3 Å². The van der Waals surface area contributed by atoms with E-state index in [1.807, 2.05) is 0 Å². The summed E-state index contributed by atoms with van der Waals surface area (Å²) in [7, 11) is 0. The maximum atomic E-state index is 2.42. The molecule has 0 fully saturated rings. The number of hydrogen-bond acceptors (Lipinski definition) is 0. The van der Waals surface area contributed by atoms with E-state index >= 15 is 0 Å². The molecule has 43 heavy (non-hydrogen) atoms. The first-order valence-corrected chi connectivity index (χ1v) is 14.9. The van der Waals surface area contributed by atoms with Crippen LogP contribution < -0.4 is 0 Å². The monoisotopic (exact) mass is 545 g/mol. The van der Waals surface area contributed by atoms with E-state index in [0.717, 1.165) is 0 Å². The minimum Gasteiger partial charge on any atom is -0.309 e. The SMILES string of the molecule is c1ccc(-c2ccc3c4ccc(-c5ccccc5-n5c6ccccc6c6ccccc65)cc4c4ccccc4c3c2)cc1. The van der Waals surface area contributed by atoms with Gasteiger partial charge in [-0.15, -0.1) is 0 Å². The number of aromatic nitrogens is 1. The van der Waals surface area contributed by atoms with Crippen LogP contribution in [0.4, 0.5) is 0 Å². The van der Waals surface area contributed by atoms with E-state index in [1.54, 1.807) is 0 Å². The molecule has 9 rings (SSSR count). The molecule has 0 amide bonds. The van der Waals surface area contributed by atoms with E-state index < -0.39 is 0 Å². The van der Waals surface area contributed by atoms with Crippen molar-refractivity contribution < 1.29 is 0 Å². The number of hydrogen-bond donors (Lipinski definition) is 0. The number of fused-ring (bicyclic) bond motifs is 9. The molecule has 0 spiro atoms. The largest absolute Gasteiger partial charge is 0.309 e. The van der Waals surface area contributed by atoms with Gasteiger partial charge in [0.2, 0.25) is 0 Å². The Morgan fingerprint density at radius 3 is 1.40 bits per heavy atom. The summed E-state index contributed by atoms with van der Waals surface area (Å²) in [6.45, 7) is 0. The molecule has 1 aromatic heterocycles. The predicted molar refractivity (Wildman–Crippen MR) is 184 cm³/mol. The van der Waals surface area contributed by atoms with Gasteiger partial charge < -0.3 is 4.57 Å². The van der Waals surface area contributed by atoms with Crippen molar-refractivity contribution in [3.8, 4) is 27.9 Å². The van der Waals surface area contributed by atoms with Crippen molar-refractivity contribution >= 4 is 54.1 Å². The Kier molecular flexibility index (Phi) is 5.27. The minimum atomic E-state index is 1.19. The fraction of sp³-hybridized carbons (Fsp3) is 0. The van der Waals surface area contributed by atoms with Gasteiger partial charge in [-0.3, -0.25) is 0 Å². The minimum absolute atomic E-state index is 1.19. The number of para-hydroxylation sites is 3. The van der Waals surface area contributed by atoms with Crippen molar-refractivity contribution in [3.05, 3.63) is 164 Å². The van der Waals surface area contributed by atoms with Gasteiger partial charge in [-0.25, -0.2) is 0 Å². The first-order valence-electron chi connectivity index (χ1n) is 14.9. The normalized spacial score (nSPS) is 11.7. The fourth-order valence-electron chi connectivity index (χ4n) is 7.03. The zero-order valence-corrected chi connectivity index (χ0v) is 23.5. The number of rotatable bonds is 3. The molecule has 0 aliphatic carbocycles. The summed E-state index contributed by atoms with van der Waals surface area (Å²) in [5.41, 5.74) is 8.57. The van der Waals surface area contributed by atoms with Crippen LogP contribution in [0.15, 0.2) is 164 Å². The van der Waals surface area contributed by atoms with Crippen LogP contribution in [0.1, 0.15) is 0 Å². The number of nitrogens with zero attached hydrogens (tertiary/aromatic N) is 1. The molecule has 0 saturated heterocycles. The van der Waals surface area contributed by atoms with Gasteiger partial charge in [0.25, 0.3) is 0 Å². The molecule has 9 aromatic rings. The van der Waals surface area contributed by atoms with Crippen LogP contribution in [0.25, 0.3) is 82.1 Å². The van der Waals surface area contributed by atoms with Crippen LogP contribution in [0, 0.1) is 0 Å². The lowest BCUT2D eigenvalue weighted by Gasteiger charge is -2.16. The molecule has 0 bridgehead atoms. The van der Waals surface area contributed by atoms with Crippen molar-refractivity contribution in [2.45, 2.75) is 0 Å². The molecular weight excluding hydrogens is 518 g/mol. The molecule has 0 radical (unpaired) electrons. The summed E-state index contributed by atoms with van der Waals surface area (Å²) in [5.74, 6) is 0. The maximum Gasteiger partial charge on any atom is 0.0541 e. The second-order valence-corrected chi connectivity index (χ2v) is 11.3. The zero-order chi connectivity index (χ0) is 28.3. The summed E-state index contributed by atoms with van der Waals surface area (Å²) in [6, 6.07) is 59.7. The topological polar surface area (TPSA) is 4.93 Å². The molecule has 0 saturated carbocycles. The number of benzene rings is 8. The van der Waals surface area contributed by atoms with Crippen molar-refractivity contribution in [3.63, 3.8) is 0 Å². The molecule has 0 atom stereocenters. The van der Waals surface area contributed by atoms with E-state index in [9.17, 15) is 0 Å². The standard InChI is InChI=1S/C42H27N/c1-2-12-28(13-3-1)29-22-24-34-35-25-23-30(27-39(35)33-16-5-4-15-32(33)38(34)26-29)31-14-6-9-19-40(31)43-41-20-10-7-17-36(41)37-18-8-11-21-42(37)43/h1-27H. The van der Waals surface area contributed by atoms with Gasteiger partial charge in [0.1, 0.15) is 0 Å². The first kappa shape index (κ1) is 24.0. The third kappa shape index (κ3) is 3.65. The Hall–Kier alpha value is -5.66. The maximum absolute atomic E-state index is 2.42. The Balaban J connectivity index is 1.31. The van der Waals surface area contributed by atoms with Crippen molar-refractivity contribution in [2.24, 2.45) is 0 Å². The van der Waals surface area contributed by atoms with Crippen molar-refractivity contribution in [2.75, 3.05) is 0 Å². The van der Waals surface area contributed by atoms with Gasteiger partial charge >= 0.3 is 0 Å². The van der Waals surface area contributed by atoms with Gasteiger partial charge in [-0.1, -0.05) is 133 Å². The molecule has 0 aliphatic heterocycles. The van der Waals surface area contributed by atoms with E-state index in [2.05, 4.69) is 168 Å². The zero-order valence-electron chi connectivity index (χ0n) is 23.5. The van der Waals surface area contributed by atoms with Crippen LogP contribution in [-0.4, -0.2) is 4.57 Å². The van der Waals surface area contributed by atoms with Gasteiger partial charge in [-0.2, -0.15) is 0 Å². The van der Waals surface area contributed by atoms with E-state index in [0.29, 0.717) is 0 Å². The Morgan fingerprint density at radius 2 is 0.744 bits per heavy atom. The summed E-state index contributed by atoms with van der Waals surface area (Å²) in [5, 5.41) is 10.3. The highest BCUT2D eigenvalue weighted by atomic mass is 15.0. The second-order valence-electron chi connectivity index (χ2n) is 11.3. The summed E-state index contributed by atoms with van der Waals surface area (Å²) in [4.78, 5) is 0. The van der Waals surface area contributed by atoms with E-state index in [-0.39, 0.29) is 0 Å². The average molecular weight is 546 g/mol. The third-order valence-corrected chi connectivity index (χ3v) is 8.98. The van der Waals surface area contributed by atoms with Gasteiger partial charge in [0.05, 0.1) is 16.7 Å². The first-order chi connectivity index (χ1) is 21.3. The Bertz CT molecular complexity index is 2430. The summed E-state index contributed by atoms with van der Waals surface area (Å²) < 4.78 is 2.42. The highest BCUT2D eigenvalue weighted by Gasteiger charge is 2.16. The quantitative estimate of drug-likeness (QED) is 0.195. The molecule has 200 valence electrons. The highest BCUT2D eigenvalue weighted by Crippen LogP contribution is 2.41. The highest BCUT2D eigenvalue weighted by molar-refractivity contribution is 6.26. The van der Waals surface area contributed by atoms with E-state index in [4.69, 9.17) is 0 Å². The molecule has 0 aliphatic rings. The lowest BCUT2D eigenvalue weighted by molar-refractivity contribution is 1.18. The summed E-state index contributed by atoms with van der Waals surface area (Å²) in [6.07, 6.45) is 0. The molecule has 1 heterocycles. The van der Waals surface area contributed by atoms with Gasteiger partial charge in [0.15, 0.2) is 0 Å². The average Bonchev–Trinajstić information content (AvgIpc) is 3.42. The molecule has 1 nitrogen and oxygen atoms in total. The van der Waals surface area contributed by atoms with Gasteiger partial charge in [-0.05, 0) is 79.3 Å². The van der Waals surface area contributed by atoms with Crippen LogP contribution >= 0.6 is 0 Å². The van der Waals surface area contributed by atoms with Crippen LogP contribution in [-0.2, 0) is 0 Å². The van der Waals surface area contributed by atoms with Crippen molar-refractivity contribution in [1.29, 1.82) is 0 Å². The Morgan fingerprint density at radius 1 is 0.279 bits per heavy atom. The summed E-state index contributed by atoms with van der Waals surface area (Å²) >= 11 is 0.